The molecule has 0 bridgehead atoms. The van der Waals surface area contributed by atoms with Crippen molar-refractivity contribution in [1.82, 2.24) is 0 Å². The Hall–Kier alpha value is -6.03. The molecule has 7 rings (SSSR count). The molecule has 0 spiro atoms. The molecule has 0 aliphatic carbocycles. The standard InChI is InChI=1S/C33H16N4O2/c1-36-22-5-11-27-29-13-9-25(17-33(29)39-31(27)15-22)37(23-6-2-20(18-34)3-7-23)24-8-12-28-26-10-4-21(19-35)14-30(26)38-32(28)16-24/h2-17H. The fraction of sp³-hybridized carbons (Fsp3) is 0. The first-order valence-corrected chi connectivity index (χ1v) is 12.2. The molecule has 6 heteroatoms. The number of benzene rings is 5. The van der Waals surface area contributed by atoms with E-state index in [2.05, 4.69) is 21.9 Å². The lowest BCUT2D eigenvalue weighted by Crippen LogP contribution is -2.09. The Morgan fingerprint density at radius 1 is 0.538 bits per heavy atom. The quantitative estimate of drug-likeness (QED) is 0.226. The van der Waals surface area contributed by atoms with E-state index in [0.717, 1.165) is 38.6 Å². The Morgan fingerprint density at radius 3 is 1.56 bits per heavy atom. The van der Waals surface area contributed by atoms with Crippen LogP contribution in [0.3, 0.4) is 0 Å². The topological polar surface area (TPSA) is 81.5 Å². The van der Waals surface area contributed by atoms with Crippen molar-refractivity contribution in [3.63, 3.8) is 0 Å². The van der Waals surface area contributed by atoms with Gasteiger partial charge in [0.05, 0.1) is 29.8 Å². The summed E-state index contributed by atoms with van der Waals surface area (Å²) >= 11 is 0. The SMILES string of the molecule is [C-]#[N+]c1ccc2c(c1)oc1cc(N(c3ccc(C#N)cc3)c3ccc4c(c3)oc3cc(C#N)ccc34)ccc12. The number of hydrogen-bond donors (Lipinski definition) is 0. The molecule has 180 valence electrons. The number of nitriles is 2. The van der Waals surface area contributed by atoms with Crippen molar-refractivity contribution in [3.05, 3.63) is 120 Å². The fourth-order valence-corrected chi connectivity index (χ4v) is 5.07. The van der Waals surface area contributed by atoms with Crippen LogP contribution in [0.2, 0.25) is 0 Å². The summed E-state index contributed by atoms with van der Waals surface area (Å²) in [6, 6.07) is 34.7. The minimum absolute atomic E-state index is 0.530. The van der Waals surface area contributed by atoms with E-state index in [0.29, 0.717) is 39.1 Å². The van der Waals surface area contributed by atoms with Gasteiger partial charge in [-0.1, -0.05) is 12.1 Å². The Balaban J connectivity index is 1.42. The molecule has 2 aromatic heterocycles. The van der Waals surface area contributed by atoms with Crippen LogP contribution in [0.5, 0.6) is 0 Å². The summed E-state index contributed by atoms with van der Waals surface area (Å²) in [7, 11) is 0. The van der Waals surface area contributed by atoms with Crippen molar-refractivity contribution >= 4 is 66.6 Å². The molecule has 0 unspecified atom stereocenters. The van der Waals surface area contributed by atoms with E-state index in [1.165, 1.54) is 0 Å². The molecule has 0 N–H and O–H groups in total. The third kappa shape index (κ3) is 3.55. The van der Waals surface area contributed by atoms with Crippen LogP contribution in [0.1, 0.15) is 11.1 Å². The van der Waals surface area contributed by atoms with Crippen LogP contribution in [0.15, 0.2) is 106 Å². The third-order valence-corrected chi connectivity index (χ3v) is 6.93. The molecule has 7 aromatic rings. The smallest absolute Gasteiger partial charge is 0.190 e. The van der Waals surface area contributed by atoms with Crippen molar-refractivity contribution < 1.29 is 8.83 Å². The zero-order valence-electron chi connectivity index (χ0n) is 20.3. The zero-order valence-corrected chi connectivity index (χ0v) is 20.3. The molecule has 5 aromatic carbocycles. The summed E-state index contributed by atoms with van der Waals surface area (Å²) in [4.78, 5) is 5.59. The average Bonchev–Trinajstić information content (AvgIpc) is 3.53. The van der Waals surface area contributed by atoms with Gasteiger partial charge in [-0.05, 0) is 72.8 Å². The molecule has 0 atom stereocenters. The Labute approximate surface area is 222 Å². The molecule has 0 saturated carbocycles. The summed E-state index contributed by atoms with van der Waals surface area (Å²) in [6.07, 6.45) is 0. The van der Waals surface area contributed by atoms with Crippen LogP contribution < -0.4 is 4.90 Å². The highest BCUT2D eigenvalue weighted by molar-refractivity contribution is 6.08. The molecule has 0 aliphatic heterocycles. The van der Waals surface area contributed by atoms with Crippen LogP contribution in [-0.2, 0) is 0 Å². The molecule has 6 nitrogen and oxygen atoms in total. The largest absolute Gasteiger partial charge is 0.457 e. The molecular formula is C33H16N4O2. The van der Waals surface area contributed by atoms with Gasteiger partial charge in [-0.2, -0.15) is 10.5 Å². The maximum absolute atomic E-state index is 9.32. The molecule has 0 amide bonds. The van der Waals surface area contributed by atoms with Gasteiger partial charge in [-0.3, -0.25) is 0 Å². The maximum Gasteiger partial charge on any atom is 0.190 e. The van der Waals surface area contributed by atoms with Crippen LogP contribution in [-0.4, -0.2) is 0 Å². The highest BCUT2D eigenvalue weighted by atomic mass is 16.3. The van der Waals surface area contributed by atoms with Gasteiger partial charge in [0.15, 0.2) is 5.69 Å². The predicted molar refractivity (Wildman–Crippen MR) is 151 cm³/mol. The van der Waals surface area contributed by atoms with Crippen molar-refractivity contribution in [3.8, 4) is 12.1 Å². The van der Waals surface area contributed by atoms with Gasteiger partial charge in [-0.15, -0.1) is 0 Å². The predicted octanol–water partition coefficient (Wildman–Crippen LogP) is 9.25. The van der Waals surface area contributed by atoms with Crippen molar-refractivity contribution in [2.24, 2.45) is 0 Å². The summed E-state index contributed by atoms with van der Waals surface area (Å²) in [5.41, 5.74) is 6.96. The van der Waals surface area contributed by atoms with E-state index in [1.807, 2.05) is 60.7 Å². The summed E-state index contributed by atoms with van der Waals surface area (Å²) in [6.45, 7) is 7.31. The second kappa shape index (κ2) is 8.53. The number of fused-ring (bicyclic) bond motifs is 6. The first kappa shape index (κ1) is 22.2. The minimum Gasteiger partial charge on any atom is -0.457 e. The first-order chi connectivity index (χ1) is 19.1. The van der Waals surface area contributed by atoms with Gasteiger partial charge in [0.25, 0.3) is 0 Å². The molecule has 0 aliphatic rings. The van der Waals surface area contributed by atoms with Gasteiger partial charge in [0, 0.05) is 50.7 Å². The lowest BCUT2D eigenvalue weighted by molar-refractivity contribution is 0.669. The number of hydrogen-bond acceptors (Lipinski definition) is 5. The van der Waals surface area contributed by atoms with Gasteiger partial charge in [0.1, 0.15) is 22.3 Å². The van der Waals surface area contributed by atoms with E-state index in [1.54, 1.807) is 36.4 Å². The summed E-state index contributed by atoms with van der Waals surface area (Å²) in [5, 5.41) is 22.4. The number of furan rings is 2. The summed E-state index contributed by atoms with van der Waals surface area (Å²) < 4.78 is 12.3. The fourth-order valence-electron chi connectivity index (χ4n) is 5.07. The summed E-state index contributed by atoms with van der Waals surface area (Å²) in [5.74, 6) is 0. The van der Waals surface area contributed by atoms with E-state index in [-0.39, 0.29) is 0 Å². The lowest BCUT2D eigenvalue weighted by atomic mass is 10.1. The molecule has 0 fully saturated rings. The van der Waals surface area contributed by atoms with Gasteiger partial charge in [-0.25, -0.2) is 4.85 Å². The maximum atomic E-state index is 9.32. The Kier molecular flexibility index (Phi) is 4.85. The highest BCUT2D eigenvalue weighted by Crippen LogP contribution is 2.41. The van der Waals surface area contributed by atoms with E-state index < -0.39 is 0 Å². The van der Waals surface area contributed by atoms with Crippen LogP contribution in [0, 0.1) is 29.2 Å². The van der Waals surface area contributed by atoms with Crippen molar-refractivity contribution in [2.45, 2.75) is 0 Å². The Morgan fingerprint density at radius 2 is 1.00 bits per heavy atom. The average molecular weight is 501 g/mol. The normalized spacial score (nSPS) is 11.0. The van der Waals surface area contributed by atoms with Gasteiger partial charge >= 0.3 is 0 Å². The van der Waals surface area contributed by atoms with E-state index in [4.69, 9.17) is 15.4 Å². The molecule has 2 heterocycles. The Bertz CT molecular complexity index is 2090. The van der Waals surface area contributed by atoms with Gasteiger partial charge < -0.3 is 13.7 Å². The van der Waals surface area contributed by atoms with Gasteiger partial charge in [0.2, 0.25) is 0 Å². The van der Waals surface area contributed by atoms with Crippen molar-refractivity contribution in [1.29, 1.82) is 10.5 Å². The highest BCUT2D eigenvalue weighted by Gasteiger charge is 2.18. The number of anilines is 3. The number of rotatable bonds is 3. The third-order valence-electron chi connectivity index (χ3n) is 6.93. The number of nitrogens with zero attached hydrogens (tertiary/aromatic N) is 4. The zero-order chi connectivity index (χ0) is 26.5. The van der Waals surface area contributed by atoms with Crippen molar-refractivity contribution in [2.75, 3.05) is 4.90 Å². The second-order valence-electron chi connectivity index (χ2n) is 9.17. The second-order valence-corrected chi connectivity index (χ2v) is 9.17. The minimum atomic E-state index is 0.530. The molecule has 0 radical (unpaired) electrons. The monoisotopic (exact) mass is 500 g/mol. The van der Waals surface area contributed by atoms with Crippen LogP contribution in [0.4, 0.5) is 22.7 Å². The molecular weight excluding hydrogens is 484 g/mol. The molecule has 0 saturated heterocycles. The lowest BCUT2D eigenvalue weighted by Gasteiger charge is -2.25. The van der Waals surface area contributed by atoms with E-state index >= 15 is 0 Å². The van der Waals surface area contributed by atoms with Crippen LogP contribution >= 0.6 is 0 Å². The van der Waals surface area contributed by atoms with Crippen LogP contribution in [0.25, 0.3) is 48.7 Å². The van der Waals surface area contributed by atoms with E-state index in [9.17, 15) is 10.5 Å². The first-order valence-electron chi connectivity index (χ1n) is 12.2. The molecule has 39 heavy (non-hydrogen) atoms.